The molecule has 0 aliphatic carbocycles. The van der Waals surface area contributed by atoms with Crippen molar-refractivity contribution in [3.8, 4) is 0 Å². The first-order chi connectivity index (χ1) is 9.49. The molecule has 4 N–H and O–H groups in total. The monoisotopic (exact) mass is 315 g/mol. The van der Waals surface area contributed by atoms with Gasteiger partial charge in [0.2, 0.25) is 0 Å². The first kappa shape index (κ1) is 14.5. The minimum absolute atomic E-state index is 0.307. The highest BCUT2D eigenvalue weighted by molar-refractivity contribution is 7.22. The number of nitrogens with zero attached hydrogens (tertiary/aromatic N) is 1. The summed E-state index contributed by atoms with van der Waals surface area (Å²) in [6.07, 6.45) is 0. The summed E-state index contributed by atoms with van der Waals surface area (Å²) in [5.41, 5.74) is 0.673. The molecule has 0 saturated carbocycles. The van der Waals surface area contributed by atoms with Gasteiger partial charge < -0.3 is 15.5 Å². The van der Waals surface area contributed by atoms with Gasteiger partial charge in [-0.1, -0.05) is 22.9 Å². The lowest BCUT2D eigenvalue weighted by molar-refractivity contribution is -0.140. The Labute approximate surface area is 122 Å². The maximum atomic E-state index is 11.6. The number of aliphatic hydroxyl groups excluding tert-OH is 1. The molecule has 0 radical (unpaired) electrons. The van der Waals surface area contributed by atoms with Gasteiger partial charge >= 0.3 is 12.0 Å². The number of hydrogen-bond donors (Lipinski definition) is 4. The van der Waals surface area contributed by atoms with Crippen molar-refractivity contribution in [2.75, 3.05) is 11.9 Å². The van der Waals surface area contributed by atoms with Crippen LogP contribution in [-0.2, 0) is 4.79 Å². The van der Waals surface area contributed by atoms with Gasteiger partial charge in [0.1, 0.15) is 0 Å². The van der Waals surface area contributed by atoms with E-state index in [1.807, 2.05) is 0 Å². The van der Waals surface area contributed by atoms with E-state index in [1.165, 1.54) is 11.3 Å². The molecule has 0 bridgehead atoms. The number of fused-ring (bicyclic) bond motifs is 1. The molecule has 2 amide bonds. The van der Waals surface area contributed by atoms with Crippen LogP contribution >= 0.6 is 22.9 Å². The Hall–Kier alpha value is -1.90. The second-order valence-corrected chi connectivity index (χ2v) is 5.27. The van der Waals surface area contributed by atoms with Crippen molar-refractivity contribution >= 4 is 50.3 Å². The molecule has 0 unspecified atom stereocenters. The minimum Gasteiger partial charge on any atom is -0.480 e. The quantitative estimate of drug-likeness (QED) is 0.683. The standard InChI is InChI=1S/C11H10ClN3O4S/c12-5-1-2-6-8(3-5)20-11(14-6)15-10(19)13-7(4-16)9(17)18/h1-3,7,16H,4H2,(H,17,18)(H2,13,14,15,19)/t7-/m1/s1. The number of halogens is 1. The minimum atomic E-state index is -1.36. The van der Waals surface area contributed by atoms with Gasteiger partial charge in [0.05, 0.1) is 16.8 Å². The Morgan fingerprint density at radius 1 is 1.45 bits per heavy atom. The van der Waals surface area contributed by atoms with Crippen LogP contribution in [0.3, 0.4) is 0 Å². The Morgan fingerprint density at radius 2 is 2.20 bits per heavy atom. The average Bonchev–Trinajstić information content (AvgIpc) is 2.76. The fraction of sp³-hybridized carbons (Fsp3) is 0.182. The molecule has 0 aliphatic rings. The molecule has 20 heavy (non-hydrogen) atoms. The van der Waals surface area contributed by atoms with Crippen LogP contribution < -0.4 is 10.6 Å². The second-order valence-electron chi connectivity index (χ2n) is 3.80. The summed E-state index contributed by atoms with van der Waals surface area (Å²) >= 11 is 7.05. The Balaban J connectivity index is 2.08. The van der Waals surface area contributed by atoms with E-state index >= 15 is 0 Å². The number of nitrogens with one attached hydrogen (secondary N) is 2. The second kappa shape index (κ2) is 6.04. The highest BCUT2D eigenvalue weighted by Crippen LogP contribution is 2.28. The summed E-state index contributed by atoms with van der Waals surface area (Å²) in [6, 6.07) is 2.99. The third-order valence-corrected chi connectivity index (χ3v) is 3.53. The Morgan fingerprint density at radius 3 is 2.85 bits per heavy atom. The number of anilines is 1. The molecule has 0 fully saturated rings. The van der Waals surface area contributed by atoms with E-state index in [0.29, 0.717) is 15.7 Å². The van der Waals surface area contributed by atoms with Crippen LogP contribution in [0, 0.1) is 0 Å². The highest BCUT2D eigenvalue weighted by Gasteiger charge is 2.19. The number of carbonyl (C=O) groups excluding carboxylic acids is 1. The molecular weight excluding hydrogens is 306 g/mol. The van der Waals surface area contributed by atoms with E-state index < -0.39 is 24.6 Å². The number of urea groups is 1. The Bertz CT molecular complexity index is 660. The number of thiazole rings is 1. The molecule has 2 aromatic rings. The van der Waals surface area contributed by atoms with Gasteiger partial charge in [0.25, 0.3) is 0 Å². The normalized spacial score (nSPS) is 12.1. The zero-order valence-corrected chi connectivity index (χ0v) is 11.5. The summed E-state index contributed by atoms with van der Waals surface area (Å²) in [5, 5.41) is 22.9. The van der Waals surface area contributed by atoms with E-state index in [9.17, 15) is 9.59 Å². The van der Waals surface area contributed by atoms with Gasteiger partial charge in [-0.15, -0.1) is 0 Å². The largest absolute Gasteiger partial charge is 0.480 e. The third kappa shape index (κ3) is 3.35. The third-order valence-electron chi connectivity index (χ3n) is 2.36. The number of benzene rings is 1. The molecule has 1 atom stereocenters. The summed E-state index contributed by atoms with van der Waals surface area (Å²) in [6.45, 7) is -0.696. The molecule has 1 aromatic carbocycles. The highest BCUT2D eigenvalue weighted by atomic mass is 35.5. The first-order valence-corrected chi connectivity index (χ1v) is 6.66. The summed E-state index contributed by atoms with van der Waals surface area (Å²) < 4.78 is 0.796. The number of aliphatic carboxylic acids is 1. The van der Waals surface area contributed by atoms with Crippen LogP contribution in [0.1, 0.15) is 0 Å². The number of carbonyl (C=O) groups is 2. The van der Waals surface area contributed by atoms with Crippen molar-refractivity contribution < 1.29 is 19.8 Å². The topological polar surface area (TPSA) is 112 Å². The van der Waals surface area contributed by atoms with Crippen molar-refractivity contribution in [2.45, 2.75) is 6.04 Å². The zero-order valence-electron chi connectivity index (χ0n) is 9.96. The van der Waals surface area contributed by atoms with Gasteiger partial charge in [0.15, 0.2) is 11.2 Å². The maximum absolute atomic E-state index is 11.6. The Kier molecular flexibility index (Phi) is 4.38. The van der Waals surface area contributed by atoms with Crippen LogP contribution in [0.2, 0.25) is 5.02 Å². The fourth-order valence-corrected chi connectivity index (χ4v) is 2.57. The van der Waals surface area contributed by atoms with E-state index in [0.717, 1.165) is 4.70 Å². The van der Waals surface area contributed by atoms with Gasteiger partial charge in [-0.3, -0.25) is 5.32 Å². The van der Waals surface area contributed by atoms with Crippen molar-refractivity contribution in [3.63, 3.8) is 0 Å². The van der Waals surface area contributed by atoms with Gasteiger partial charge in [-0.05, 0) is 18.2 Å². The zero-order chi connectivity index (χ0) is 14.7. The molecule has 7 nitrogen and oxygen atoms in total. The van der Waals surface area contributed by atoms with E-state index in [2.05, 4.69) is 15.6 Å². The fourth-order valence-electron chi connectivity index (χ4n) is 1.43. The molecule has 0 aliphatic heterocycles. The molecule has 0 spiro atoms. The molecule has 106 valence electrons. The molecular formula is C11H10ClN3O4S. The van der Waals surface area contributed by atoms with E-state index in [1.54, 1.807) is 18.2 Å². The number of aliphatic hydroxyl groups is 1. The van der Waals surface area contributed by atoms with Crippen molar-refractivity contribution in [2.24, 2.45) is 0 Å². The van der Waals surface area contributed by atoms with Gasteiger partial charge in [-0.25, -0.2) is 14.6 Å². The molecule has 9 heteroatoms. The van der Waals surface area contributed by atoms with Crippen LogP contribution in [0.5, 0.6) is 0 Å². The predicted octanol–water partition coefficient (Wildman–Crippen LogP) is 1.52. The number of carboxylic acids is 1. The first-order valence-electron chi connectivity index (χ1n) is 5.47. The lowest BCUT2D eigenvalue weighted by atomic mass is 10.3. The van der Waals surface area contributed by atoms with E-state index in [-0.39, 0.29) is 0 Å². The van der Waals surface area contributed by atoms with E-state index in [4.69, 9.17) is 21.8 Å². The average molecular weight is 316 g/mol. The van der Waals surface area contributed by atoms with Gasteiger partial charge in [0, 0.05) is 5.02 Å². The lowest BCUT2D eigenvalue weighted by Crippen LogP contribution is -2.45. The lowest BCUT2D eigenvalue weighted by Gasteiger charge is -2.11. The molecule has 1 heterocycles. The number of carboxylic acid groups (broad SMARTS) is 1. The molecule has 1 aromatic heterocycles. The number of hydrogen-bond acceptors (Lipinski definition) is 5. The van der Waals surface area contributed by atoms with Crippen LogP contribution in [0.4, 0.5) is 9.93 Å². The van der Waals surface area contributed by atoms with Crippen molar-refractivity contribution in [1.29, 1.82) is 0 Å². The van der Waals surface area contributed by atoms with Gasteiger partial charge in [-0.2, -0.15) is 0 Å². The number of amides is 2. The summed E-state index contributed by atoms with van der Waals surface area (Å²) in [7, 11) is 0. The maximum Gasteiger partial charge on any atom is 0.328 e. The van der Waals surface area contributed by atoms with Crippen LogP contribution in [0.15, 0.2) is 18.2 Å². The summed E-state index contributed by atoms with van der Waals surface area (Å²) in [4.78, 5) is 26.4. The van der Waals surface area contributed by atoms with Crippen LogP contribution in [-0.4, -0.2) is 39.8 Å². The van der Waals surface area contributed by atoms with Crippen molar-refractivity contribution in [1.82, 2.24) is 10.3 Å². The molecule has 0 saturated heterocycles. The number of aromatic nitrogens is 1. The predicted molar refractivity (Wildman–Crippen MR) is 75.3 cm³/mol. The van der Waals surface area contributed by atoms with Crippen LogP contribution in [0.25, 0.3) is 10.2 Å². The smallest absolute Gasteiger partial charge is 0.328 e. The summed E-state index contributed by atoms with van der Waals surface area (Å²) in [5.74, 6) is -1.32. The SMILES string of the molecule is O=C(Nc1nc2ccc(Cl)cc2s1)N[C@H](CO)C(=O)O. The van der Waals surface area contributed by atoms with Crippen molar-refractivity contribution in [3.05, 3.63) is 23.2 Å². The number of rotatable bonds is 4. The molecule has 2 rings (SSSR count).